The Balaban J connectivity index is 0.00000300. The highest BCUT2D eigenvalue weighted by Crippen LogP contribution is 2.16. The van der Waals surface area contributed by atoms with Crippen molar-refractivity contribution in [1.29, 1.82) is 0 Å². The molecule has 29 heavy (non-hydrogen) atoms. The lowest BCUT2D eigenvalue weighted by atomic mass is 10.1. The van der Waals surface area contributed by atoms with Gasteiger partial charge in [-0.15, -0.1) is 46.7 Å². The molecule has 2 heterocycles. The van der Waals surface area contributed by atoms with Crippen molar-refractivity contribution in [3.63, 3.8) is 0 Å². The summed E-state index contributed by atoms with van der Waals surface area (Å²) < 4.78 is 0. The molecule has 0 atom stereocenters. The summed E-state index contributed by atoms with van der Waals surface area (Å²) >= 11 is 3.50. The Hall–Kier alpha value is -1.52. The molecule has 8 heteroatoms. The van der Waals surface area contributed by atoms with Gasteiger partial charge in [0.15, 0.2) is 5.96 Å². The number of nitrogens with one attached hydrogen (secondary N) is 2. The highest BCUT2D eigenvalue weighted by molar-refractivity contribution is 14.0. The SMILES string of the molecule is CN=C(NCCc1nc(C)c(C)s1)NCc1csc(CCc2ccccc2)n1.I. The molecule has 0 spiro atoms. The maximum absolute atomic E-state index is 4.74. The van der Waals surface area contributed by atoms with Crippen molar-refractivity contribution in [2.24, 2.45) is 4.99 Å². The minimum Gasteiger partial charge on any atom is -0.356 e. The van der Waals surface area contributed by atoms with Crippen molar-refractivity contribution in [1.82, 2.24) is 20.6 Å². The molecule has 0 aliphatic carbocycles. The van der Waals surface area contributed by atoms with Gasteiger partial charge in [-0.2, -0.15) is 0 Å². The Morgan fingerprint density at radius 1 is 1.00 bits per heavy atom. The number of nitrogens with zero attached hydrogens (tertiary/aromatic N) is 3. The molecule has 3 rings (SSSR count). The smallest absolute Gasteiger partial charge is 0.191 e. The van der Waals surface area contributed by atoms with Crippen molar-refractivity contribution in [3.05, 3.63) is 67.6 Å². The van der Waals surface area contributed by atoms with Crippen LogP contribution in [-0.2, 0) is 25.8 Å². The summed E-state index contributed by atoms with van der Waals surface area (Å²) in [4.78, 5) is 14.9. The van der Waals surface area contributed by atoms with Gasteiger partial charge in [-0.25, -0.2) is 9.97 Å². The zero-order valence-electron chi connectivity index (χ0n) is 17.1. The predicted molar refractivity (Wildman–Crippen MR) is 135 cm³/mol. The van der Waals surface area contributed by atoms with Crippen LogP contribution in [0.1, 0.15) is 31.8 Å². The number of guanidine groups is 1. The third-order valence-corrected chi connectivity index (χ3v) is 6.52. The summed E-state index contributed by atoms with van der Waals surface area (Å²) in [6, 6.07) is 10.6. The van der Waals surface area contributed by atoms with Crippen LogP contribution in [0.3, 0.4) is 0 Å². The number of halogens is 1. The van der Waals surface area contributed by atoms with Crippen LogP contribution in [0.5, 0.6) is 0 Å². The fourth-order valence-electron chi connectivity index (χ4n) is 2.77. The highest BCUT2D eigenvalue weighted by Gasteiger charge is 2.06. The maximum Gasteiger partial charge on any atom is 0.191 e. The van der Waals surface area contributed by atoms with E-state index < -0.39 is 0 Å². The average molecular weight is 542 g/mol. The molecule has 0 fully saturated rings. The first kappa shape index (κ1) is 23.8. The molecule has 0 bridgehead atoms. The van der Waals surface area contributed by atoms with Crippen LogP contribution >= 0.6 is 46.7 Å². The fourth-order valence-corrected chi connectivity index (χ4v) is 4.50. The molecule has 156 valence electrons. The lowest BCUT2D eigenvalue weighted by Crippen LogP contribution is -2.37. The molecule has 0 amide bonds. The van der Waals surface area contributed by atoms with Crippen LogP contribution in [-0.4, -0.2) is 29.5 Å². The van der Waals surface area contributed by atoms with E-state index >= 15 is 0 Å². The van der Waals surface area contributed by atoms with E-state index in [1.165, 1.54) is 20.5 Å². The first-order chi connectivity index (χ1) is 13.6. The summed E-state index contributed by atoms with van der Waals surface area (Å²) in [5.74, 6) is 0.795. The van der Waals surface area contributed by atoms with E-state index in [0.29, 0.717) is 6.54 Å². The van der Waals surface area contributed by atoms with Gasteiger partial charge in [0, 0.05) is 36.7 Å². The number of benzene rings is 1. The van der Waals surface area contributed by atoms with E-state index in [1.54, 1.807) is 29.7 Å². The number of rotatable bonds is 8. The van der Waals surface area contributed by atoms with E-state index in [4.69, 9.17) is 4.98 Å². The van der Waals surface area contributed by atoms with Crippen LogP contribution in [0, 0.1) is 13.8 Å². The zero-order chi connectivity index (χ0) is 19.8. The van der Waals surface area contributed by atoms with Crippen LogP contribution in [0.2, 0.25) is 0 Å². The molecule has 3 aromatic rings. The summed E-state index contributed by atoms with van der Waals surface area (Å²) in [6.07, 6.45) is 2.91. The molecule has 1 aromatic carbocycles. The number of hydrogen-bond donors (Lipinski definition) is 2. The van der Waals surface area contributed by atoms with Crippen LogP contribution in [0.25, 0.3) is 0 Å². The fraction of sp³-hybridized carbons (Fsp3) is 0.381. The van der Waals surface area contributed by atoms with Crippen molar-refractivity contribution in [3.8, 4) is 0 Å². The third kappa shape index (κ3) is 7.67. The minimum atomic E-state index is 0. The average Bonchev–Trinajstić information content (AvgIpc) is 3.29. The molecule has 0 saturated heterocycles. The van der Waals surface area contributed by atoms with Crippen molar-refractivity contribution >= 4 is 52.6 Å². The summed E-state index contributed by atoms with van der Waals surface area (Å²) in [7, 11) is 1.79. The van der Waals surface area contributed by atoms with Gasteiger partial charge in [0.1, 0.15) is 0 Å². The van der Waals surface area contributed by atoms with Gasteiger partial charge in [-0.3, -0.25) is 4.99 Å². The van der Waals surface area contributed by atoms with E-state index in [0.717, 1.165) is 43.2 Å². The molecular formula is C21H28IN5S2. The Labute approximate surface area is 198 Å². The van der Waals surface area contributed by atoms with E-state index in [1.807, 2.05) is 0 Å². The molecule has 5 nitrogen and oxygen atoms in total. The van der Waals surface area contributed by atoms with E-state index in [-0.39, 0.29) is 24.0 Å². The largest absolute Gasteiger partial charge is 0.356 e. The molecule has 2 aromatic heterocycles. The Morgan fingerprint density at radius 3 is 2.48 bits per heavy atom. The quantitative estimate of drug-likeness (QED) is 0.250. The molecule has 0 aliphatic heterocycles. The maximum atomic E-state index is 4.74. The highest BCUT2D eigenvalue weighted by atomic mass is 127. The van der Waals surface area contributed by atoms with Gasteiger partial charge in [0.2, 0.25) is 0 Å². The van der Waals surface area contributed by atoms with E-state index in [9.17, 15) is 0 Å². The number of aliphatic imine (C=N–C) groups is 1. The molecule has 0 saturated carbocycles. The van der Waals surface area contributed by atoms with E-state index in [2.05, 4.69) is 70.2 Å². The van der Waals surface area contributed by atoms with Crippen LogP contribution in [0.15, 0.2) is 40.7 Å². The number of thiazole rings is 2. The van der Waals surface area contributed by atoms with Crippen LogP contribution in [0.4, 0.5) is 0 Å². The molecule has 0 unspecified atom stereocenters. The first-order valence-electron chi connectivity index (χ1n) is 9.48. The Morgan fingerprint density at radius 2 is 1.79 bits per heavy atom. The monoisotopic (exact) mass is 541 g/mol. The van der Waals surface area contributed by atoms with Gasteiger partial charge >= 0.3 is 0 Å². The summed E-state index contributed by atoms with van der Waals surface area (Å²) in [5, 5.41) is 11.2. The Kier molecular flexibility index (Phi) is 10.0. The van der Waals surface area contributed by atoms with Crippen molar-refractivity contribution < 1.29 is 0 Å². The molecular weight excluding hydrogens is 513 g/mol. The summed E-state index contributed by atoms with van der Waals surface area (Å²) in [6.45, 7) is 5.67. The second-order valence-electron chi connectivity index (χ2n) is 6.57. The van der Waals surface area contributed by atoms with Gasteiger partial charge in [-0.05, 0) is 25.8 Å². The second-order valence-corrected chi connectivity index (χ2v) is 8.80. The standard InChI is InChI=1S/C21H27N5S2.HI/c1-15-16(2)28-20(25-15)11-12-23-21(22-3)24-13-18-14-27-19(26-18)10-9-17-7-5-4-6-8-17;/h4-8,14H,9-13H2,1-3H3,(H2,22,23,24);1H. The lowest BCUT2D eigenvalue weighted by molar-refractivity contribution is 0.779. The molecule has 2 N–H and O–H groups in total. The lowest BCUT2D eigenvalue weighted by Gasteiger charge is -2.10. The summed E-state index contributed by atoms with van der Waals surface area (Å²) in [5.41, 5.74) is 3.55. The van der Waals surface area contributed by atoms with Crippen LogP contribution < -0.4 is 10.6 Å². The predicted octanol–water partition coefficient (Wildman–Crippen LogP) is 4.53. The third-order valence-electron chi connectivity index (χ3n) is 4.43. The van der Waals surface area contributed by atoms with Gasteiger partial charge in [0.05, 0.1) is 27.9 Å². The van der Waals surface area contributed by atoms with Gasteiger partial charge < -0.3 is 10.6 Å². The first-order valence-corrected chi connectivity index (χ1v) is 11.2. The topological polar surface area (TPSA) is 62.2 Å². The second kappa shape index (κ2) is 12.2. The molecule has 0 aliphatic rings. The van der Waals surface area contributed by atoms with Crippen molar-refractivity contribution in [2.45, 2.75) is 39.7 Å². The van der Waals surface area contributed by atoms with Gasteiger partial charge in [-0.1, -0.05) is 30.3 Å². The Bertz CT molecular complexity index is 885. The number of hydrogen-bond acceptors (Lipinski definition) is 5. The van der Waals surface area contributed by atoms with Gasteiger partial charge in [0.25, 0.3) is 0 Å². The normalized spacial score (nSPS) is 11.2. The number of aromatic nitrogens is 2. The minimum absolute atomic E-state index is 0. The zero-order valence-corrected chi connectivity index (χ0v) is 21.0. The van der Waals surface area contributed by atoms with Crippen molar-refractivity contribution in [2.75, 3.05) is 13.6 Å². The number of aryl methyl sites for hydroxylation is 4. The molecule has 0 radical (unpaired) electrons.